The zero-order chi connectivity index (χ0) is 9.84. The quantitative estimate of drug-likeness (QED) is 0.274. The topological polar surface area (TPSA) is 72.5 Å². The van der Waals surface area contributed by atoms with Gasteiger partial charge in [0.1, 0.15) is 12.5 Å². The van der Waals surface area contributed by atoms with Crippen LogP contribution in [0.15, 0.2) is 12.7 Å². The van der Waals surface area contributed by atoms with E-state index in [9.17, 15) is 14.4 Å². The molecule has 0 radical (unpaired) electrons. The lowest BCUT2D eigenvalue weighted by molar-refractivity contribution is -0.150. The van der Waals surface area contributed by atoms with Crippen LogP contribution in [0.4, 0.5) is 0 Å². The van der Waals surface area contributed by atoms with Crippen LogP contribution in [0, 0.1) is 5.92 Å². The molecule has 1 N–H and O–H groups in total. The minimum absolute atomic E-state index is 0.0524. The molecule has 1 atom stereocenters. The summed E-state index contributed by atoms with van der Waals surface area (Å²) in [5, 5.41) is 2.02. The predicted octanol–water partition coefficient (Wildman–Crippen LogP) is -0.622. The summed E-state index contributed by atoms with van der Waals surface area (Å²) in [4.78, 5) is 32.7. The average molecular weight is 183 g/mol. The van der Waals surface area contributed by atoms with Crippen molar-refractivity contribution in [3.05, 3.63) is 12.7 Å². The zero-order valence-electron chi connectivity index (χ0n) is 6.91. The normalized spacial score (nSPS) is 21.1. The molecule has 1 saturated heterocycles. The maximum Gasteiger partial charge on any atom is 0.319 e. The summed E-state index contributed by atoms with van der Waals surface area (Å²) in [6, 6.07) is 0. The van der Waals surface area contributed by atoms with Crippen LogP contribution in [0.25, 0.3) is 0 Å². The highest BCUT2D eigenvalue weighted by atomic mass is 16.5. The van der Waals surface area contributed by atoms with Crippen molar-refractivity contribution < 1.29 is 19.1 Å². The Morgan fingerprint density at radius 2 is 2.38 bits per heavy atom. The second-order valence-electron chi connectivity index (χ2n) is 2.59. The molecule has 1 aliphatic heterocycles. The van der Waals surface area contributed by atoms with E-state index in [1.165, 1.54) is 6.08 Å². The number of esters is 1. The van der Waals surface area contributed by atoms with Crippen LogP contribution in [-0.2, 0) is 19.1 Å². The van der Waals surface area contributed by atoms with Gasteiger partial charge in [-0.3, -0.25) is 19.7 Å². The van der Waals surface area contributed by atoms with Gasteiger partial charge in [0.2, 0.25) is 11.8 Å². The fourth-order valence-corrected chi connectivity index (χ4v) is 0.986. The molecule has 1 aliphatic rings. The van der Waals surface area contributed by atoms with Gasteiger partial charge in [-0.2, -0.15) is 0 Å². The van der Waals surface area contributed by atoms with Crippen molar-refractivity contribution in [3.8, 4) is 0 Å². The predicted molar refractivity (Wildman–Crippen MR) is 42.4 cm³/mol. The van der Waals surface area contributed by atoms with Crippen molar-refractivity contribution in [2.45, 2.75) is 6.42 Å². The van der Waals surface area contributed by atoms with Gasteiger partial charge in [0, 0.05) is 6.42 Å². The van der Waals surface area contributed by atoms with Crippen LogP contribution in [0.2, 0.25) is 0 Å². The number of nitrogens with one attached hydrogen (secondary N) is 1. The van der Waals surface area contributed by atoms with Gasteiger partial charge in [-0.1, -0.05) is 12.7 Å². The Balaban J connectivity index is 2.52. The Bertz CT molecular complexity index is 271. The Kier molecular flexibility index (Phi) is 2.79. The smallest absolute Gasteiger partial charge is 0.319 e. The standard InChI is InChI=1S/C8H9NO4/c1-2-3-13-8(12)5-4-6(10)9-7(5)11/h2,5H,1,3-4H2,(H,9,10,11). The Hall–Kier alpha value is -1.65. The molecule has 2 amide bonds. The molecule has 0 aromatic rings. The van der Waals surface area contributed by atoms with Gasteiger partial charge in [0.05, 0.1) is 0 Å². The third kappa shape index (κ3) is 2.14. The number of hydrogen-bond acceptors (Lipinski definition) is 4. The number of rotatable bonds is 3. The van der Waals surface area contributed by atoms with Crippen molar-refractivity contribution in [3.63, 3.8) is 0 Å². The molecule has 70 valence electrons. The van der Waals surface area contributed by atoms with Gasteiger partial charge < -0.3 is 4.74 Å². The number of amides is 2. The summed E-state index contributed by atoms with van der Waals surface area (Å²) in [7, 11) is 0. The summed E-state index contributed by atoms with van der Waals surface area (Å²) < 4.78 is 4.62. The Morgan fingerprint density at radius 1 is 1.69 bits per heavy atom. The fourth-order valence-electron chi connectivity index (χ4n) is 0.986. The zero-order valence-corrected chi connectivity index (χ0v) is 6.91. The molecule has 5 heteroatoms. The van der Waals surface area contributed by atoms with E-state index >= 15 is 0 Å². The molecule has 0 saturated carbocycles. The SMILES string of the molecule is C=CCOC(=O)C1CC(=O)NC1=O. The van der Waals surface area contributed by atoms with Crippen LogP contribution in [0.3, 0.4) is 0 Å². The van der Waals surface area contributed by atoms with Gasteiger partial charge in [-0.25, -0.2) is 0 Å². The molecule has 0 aliphatic carbocycles. The molecule has 0 bridgehead atoms. The number of carbonyl (C=O) groups is 3. The van der Waals surface area contributed by atoms with E-state index in [2.05, 4.69) is 11.3 Å². The number of carbonyl (C=O) groups excluding carboxylic acids is 3. The van der Waals surface area contributed by atoms with Gasteiger partial charge >= 0.3 is 5.97 Å². The molecule has 1 unspecified atom stereocenters. The second-order valence-corrected chi connectivity index (χ2v) is 2.59. The largest absolute Gasteiger partial charge is 0.461 e. The van der Waals surface area contributed by atoms with Gasteiger partial charge in [0.25, 0.3) is 0 Å². The van der Waals surface area contributed by atoms with Crippen molar-refractivity contribution in [1.29, 1.82) is 0 Å². The van der Waals surface area contributed by atoms with Gasteiger partial charge in [-0.05, 0) is 0 Å². The van der Waals surface area contributed by atoms with Gasteiger partial charge in [0.15, 0.2) is 0 Å². The molecule has 1 rings (SSSR count). The summed E-state index contributed by atoms with van der Waals surface area (Å²) in [5.41, 5.74) is 0. The maximum absolute atomic E-state index is 11.1. The van der Waals surface area contributed by atoms with E-state index in [0.717, 1.165) is 0 Å². The first-order valence-electron chi connectivity index (χ1n) is 3.76. The van der Waals surface area contributed by atoms with Crippen molar-refractivity contribution in [2.75, 3.05) is 6.61 Å². The van der Waals surface area contributed by atoms with Crippen LogP contribution >= 0.6 is 0 Å². The van der Waals surface area contributed by atoms with E-state index in [4.69, 9.17) is 0 Å². The lowest BCUT2D eigenvalue weighted by Crippen LogP contribution is -2.27. The fraction of sp³-hybridized carbons (Fsp3) is 0.375. The minimum atomic E-state index is -0.979. The van der Waals surface area contributed by atoms with Crippen molar-refractivity contribution >= 4 is 17.8 Å². The first kappa shape index (κ1) is 9.44. The summed E-state index contributed by atoms with van der Waals surface area (Å²) in [5.74, 6) is -2.68. The minimum Gasteiger partial charge on any atom is -0.461 e. The first-order chi connectivity index (χ1) is 6.15. The highest BCUT2D eigenvalue weighted by Gasteiger charge is 2.37. The summed E-state index contributed by atoms with van der Waals surface area (Å²) >= 11 is 0. The lowest BCUT2D eigenvalue weighted by Gasteiger charge is -2.04. The third-order valence-electron chi connectivity index (χ3n) is 1.60. The van der Waals surface area contributed by atoms with E-state index < -0.39 is 23.7 Å². The van der Waals surface area contributed by atoms with Crippen LogP contribution in [0.1, 0.15) is 6.42 Å². The molecule has 1 heterocycles. The number of hydrogen-bond donors (Lipinski definition) is 1. The Labute approximate surface area is 74.7 Å². The van der Waals surface area contributed by atoms with Crippen LogP contribution in [0.5, 0.6) is 0 Å². The highest BCUT2D eigenvalue weighted by molar-refractivity contribution is 6.12. The average Bonchev–Trinajstić information content (AvgIpc) is 2.41. The highest BCUT2D eigenvalue weighted by Crippen LogP contribution is 2.12. The molecule has 5 nitrogen and oxygen atoms in total. The first-order valence-corrected chi connectivity index (χ1v) is 3.76. The van der Waals surface area contributed by atoms with E-state index in [-0.39, 0.29) is 13.0 Å². The number of imide groups is 1. The maximum atomic E-state index is 11.1. The Morgan fingerprint density at radius 3 is 2.85 bits per heavy atom. The molecule has 13 heavy (non-hydrogen) atoms. The number of ether oxygens (including phenoxy) is 1. The lowest BCUT2D eigenvalue weighted by atomic mass is 10.1. The summed E-state index contributed by atoms with van der Waals surface area (Å²) in [6.07, 6.45) is 1.28. The van der Waals surface area contributed by atoms with E-state index in [1.54, 1.807) is 0 Å². The molecule has 0 spiro atoms. The van der Waals surface area contributed by atoms with Crippen LogP contribution < -0.4 is 5.32 Å². The van der Waals surface area contributed by atoms with Crippen molar-refractivity contribution in [1.82, 2.24) is 5.32 Å². The van der Waals surface area contributed by atoms with Gasteiger partial charge in [-0.15, -0.1) is 0 Å². The molecular formula is C8H9NO4. The third-order valence-corrected chi connectivity index (χ3v) is 1.60. The molecule has 0 aromatic heterocycles. The van der Waals surface area contributed by atoms with Crippen LogP contribution in [-0.4, -0.2) is 24.4 Å². The molecular weight excluding hydrogens is 174 g/mol. The van der Waals surface area contributed by atoms with E-state index in [0.29, 0.717) is 0 Å². The van der Waals surface area contributed by atoms with Crippen molar-refractivity contribution in [2.24, 2.45) is 5.92 Å². The second kappa shape index (κ2) is 3.84. The monoisotopic (exact) mass is 183 g/mol. The van der Waals surface area contributed by atoms with E-state index in [1.807, 2.05) is 5.32 Å². The molecule has 0 aromatic carbocycles. The summed E-state index contributed by atoms with van der Waals surface area (Å²) in [6.45, 7) is 3.40. The molecule has 1 fully saturated rings.